The van der Waals surface area contributed by atoms with Gasteiger partial charge in [0.05, 0.1) is 32.3 Å². The SMILES string of the molecule is COC(=O)CC(O)C(O)c1cc(C(=O)O)ccc1OC. The molecule has 0 saturated carbocycles. The number of hydrogen-bond donors (Lipinski definition) is 3. The fourth-order valence-electron chi connectivity index (χ4n) is 1.67. The number of carboxylic acid groups (broad SMARTS) is 1. The standard InChI is InChI=1S/C13H16O7/c1-19-10-4-3-7(13(17)18)5-8(10)12(16)9(14)6-11(15)20-2/h3-5,9,12,14,16H,6H2,1-2H3,(H,17,18). The Balaban J connectivity index is 3.05. The van der Waals surface area contributed by atoms with Crippen LogP contribution in [-0.2, 0) is 9.53 Å². The molecular formula is C13H16O7. The molecule has 110 valence electrons. The van der Waals surface area contributed by atoms with Gasteiger partial charge in [-0.1, -0.05) is 0 Å². The Morgan fingerprint density at radius 2 is 1.90 bits per heavy atom. The van der Waals surface area contributed by atoms with Crippen molar-refractivity contribution in [2.45, 2.75) is 18.6 Å². The van der Waals surface area contributed by atoms with Crippen LogP contribution in [0.15, 0.2) is 18.2 Å². The summed E-state index contributed by atoms with van der Waals surface area (Å²) in [5.41, 5.74) is 0.0221. The van der Waals surface area contributed by atoms with Gasteiger partial charge in [-0.25, -0.2) is 4.79 Å². The molecular weight excluding hydrogens is 268 g/mol. The summed E-state index contributed by atoms with van der Waals surface area (Å²) in [6.45, 7) is 0. The maximum Gasteiger partial charge on any atom is 0.335 e. The fraction of sp³-hybridized carbons (Fsp3) is 0.385. The van der Waals surface area contributed by atoms with E-state index < -0.39 is 30.6 Å². The first-order valence-electron chi connectivity index (χ1n) is 5.74. The Labute approximate surface area is 115 Å². The largest absolute Gasteiger partial charge is 0.496 e. The molecule has 0 aromatic heterocycles. The van der Waals surface area contributed by atoms with E-state index in [0.29, 0.717) is 0 Å². The summed E-state index contributed by atoms with van der Waals surface area (Å²) in [5.74, 6) is -1.65. The number of ether oxygens (including phenoxy) is 2. The fourth-order valence-corrected chi connectivity index (χ4v) is 1.67. The molecule has 0 aliphatic carbocycles. The number of carboxylic acids is 1. The van der Waals surface area contributed by atoms with Crippen molar-refractivity contribution < 1.29 is 34.4 Å². The number of carbonyl (C=O) groups is 2. The topological polar surface area (TPSA) is 113 Å². The monoisotopic (exact) mass is 284 g/mol. The van der Waals surface area contributed by atoms with Crippen molar-refractivity contribution in [2.24, 2.45) is 0 Å². The molecule has 0 saturated heterocycles. The van der Waals surface area contributed by atoms with Gasteiger partial charge in [0.25, 0.3) is 0 Å². The van der Waals surface area contributed by atoms with Crippen LogP contribution in [0.2, 0.25) is 0 Å². The van der Waals surface area contributed by atoms with E-state index in [9.17, 15) is 19.8 Å². The summed E-state index contributed by atoms with van der Waals surface area (Å²) in [6.07, 6.45) is -3.32. The molecule has 0 heterocycles. The molecule has 0 fully saturated rings. The molecule has 7 nitrogen and oxygen atoms in total. The zero-order valence-corrected chi connectivity index (χ0v) is 11.1. The van der Waals surface area contributed by atoms with Crippen LogP contribution >= 0.6 is 0 Å². The van der Waals surface area contributed by atoms with Crippen molar-refractivity contribution in [1.82, 2.24) is 0 Å². The third kappa shape index (κ3) is 3.69. The van der Waals surface area contributed by atoms with E-state index >= 15 is 0 Å². The summed E-state index contributed by atoms with van der Waals surface area (Å²) in [7, 11) is 2.51. The zero-order chi connectivity index (χ0) is 15.3. The molecule has 7 heteroatoms. The number of benzene rings is 1. The van der Waals surface area contributed by atoms with E-state index in [2.05, 4.69) is 4.74 Å². The minimum Gasteiger partial charge on any atom is -0.496 e. The smallest absolute Gasteiger partial charge is 0.335 e. The van der Waals surface area contributed by atoms with Crippen LogP contribution in [0.4, 0.5) is 0 Å². The van der Waals surface area contributed by atoms with Gasteiger partial charge in [-0.2, -0.15) is 0 Å². The first-order chi connectivity index (χ1) is 9.40. The molecule has 0 aliphatic rings. The number of esters is 1. The molecule has 1 rings (SSSR count). The summed E-state index contributed by atoms with van der Waals surface area (Å²) >= 11 is 0. The second kappa shape index (κ2) is 6.88. The van der Waals surface area contributed by atoms with E-state index in [1.54, 1.807) is 0 Å². The predicted octanol–water partition coefficient (Wildman–Crippen LogP) is 0.351. The Morgan fingerprint density at radius 1 is 1.25 bits per heavy atom. The van der Waals surface area contributed by atoms with Gasteiger partial charge in [0.2, 0.25) is 0 Å². The van der Waals surface area contributed by atoms with Crippen molar-refractivity contribution in [2.75, 3.05) is 14.2 Å². The Bertz CT molecular complexity index is 497. The lowest BCUT2D eigenvalue weighted by Gasteiger charge is -2.19. The lowest BCUT2D eigenvalue weighted by molar-refractivity contribution is -0.144. The van der Waals surface area contributed by atoms with E-state index in [1.807, 2.05) is 0 Å². The molecule has 3 N–H and O–H groups in total. The number of aliphatic hydroxyl groups excluding tert-OH is 2. The highest BCUT2D eigenvalue weighted by Crippen LogP contribution is 2.29. The number of aromatic carboxylic acids is 1. The van der Waals surface area contributed by atoms with Crippen LogP contribution in [0, 0.1) is 0 Å². The van der Waals surface area contributed by atoms with Crippen LogP contribution in [0.1, 0.15) is 28.4 Å². The average Bonchev–Trinajstić information content (AvgIpc) is 2.45. The van der Waals surface area contributed by atoms with Gasteiger partial charge < -0.3 is 24.8 Å². The molecule has 1 aromatic carbocycles. The van der Waals surface area contributed by atoms with Gasteiger partial charge in [-0.05, 0) is 18.2 Å². The van der Waals surface area contributed by atoms with Crippen LogP contribution in [0.5, 0.6) is 5.75 Å². The number of carbonyl (C=O) groups excluding carboxylic acids is 1. The molecule has 1 aromatic rings. The molecule has 0 aliphatic heterocycles. The maximum atomic E-state index is 11.1. The quantitative estimate of drug-likeness (QED) is 0.646. The van der Waals surface area contributed by atoms with Crippen LogP contribution < -0.4 is 4.74 Å². The molecule has 20 heavy (non-hydrogen) atoms. The summed E-state index contributed by atoms with van der Waals surface area (Å²) in [4.78, 5) is 22.0. The van der Waals surface area contributed by atoms with Crippen molar-refractivity contribution in [1.29, 1.82) is 0 Å². The Morgan fingerprint density at radius 3 is 2.40 bits per heavy atom. The minimum atomic E-state index is -1.47. The normalized spacial score (nSPS) is 13.4. The summed E-state index contributed by atoms with van der Waals surface area (Å²) in [6, 6.07) is 3.86. The third-order valence-electron chi connectivity index (χ3n) is 2.76. The van der Waals surface area contributed by atoms with Crippen LogP contribution in [0.3, 0.4) is 0 Å². The average molecular weight is 284 g/mol. The van der Waals surface area contributed by atoms with E-state index in [4.69, 9.17) is 9.84 Å². The van der Waals surface area contributed by atoms with Crippen LogP contribution in [0.25, 0.3) is 0 Å². The summed E-state index contributed by atoms with van der Waals surface area (Å²) < 4.78 is 9.39. The first-order valence-corrected chi connectivity index (χ1v) is 5.74. The first kappa shape index (κ1) is 15.9. The Kier molecular flexibility index (Phi) is 5.48. The molecule has 0 radical (unpaired) electrons. The van der Waals surface area contributed by atoms with Crippen molar-refractivity contribution >= 4 is 11.9 Å². The molecule has 0 amide bonds. The minimum absolute atomic E-state index is 0.0647. The van der Waals surface area contributed by atoms with Gasteiger partial charge in [0, 0.05) is 5.56 Å². The second-order valence-corrected chi connectivity index (χ2v) is 4.05. The highest BCUT2D eigenvalue weighted by atomic mass is 16.5. The number of hydrogen-bond acceptors (Lipinski definition) is 6. The number of methoxy groups -OCH3 is 2. The molecule has 2 atom stereocenters. The molecule has 0 bridgehead atoms. The lowest BCUT2D eigenvalue weighted by atomic mass is 9.99. The van der Waals surface area contributed by atoms with Crippen molar-refractivity contribution in [3.8, 4) is 5.75 Å². The van der Waals surface area contributed by atoms with Crippen molar-refractivity contribution in [3.63, 3.8) is 0 Å². The zero-order valence-electron chi connectivity index (χ0n) is 11.1. The van der Waals surface area contributed by atoms with E-state index in [0.717, 1.165) is 7.11 Å². The maximum absolute atomic E-state index is 11.1. The highest BCUT2D eigenvalue weighted by molar-refractivity contribution is 5.88. The van der Waals surface area contributed by atoms with E-state index in [1.165, 1.54) is 25.3 Å². The Hall–Kier alpha value is -2.12. The van der Waals surface area contributed by atoms with Gasteiger partial charge in [-0.3, -0.25) is 4.79 Å². The molecule has 2 unspecified atom stereocenters. The van der Waals surface area contributed by atoms with Gasteiger partial charge in [0.1, 0.15) is 11.9 Å². The highest BCUT2D eigenvalue weighted by Gasteiger charge is 2.25. The van der Waals surface area contributed by atoms with Gasteiger partial charge >= 0.3 is 11.9 Å². The predicted molar refractivity (Wildman–Crippen MR) is 67.6 cm³/mol. The van der Waals surface area contributed by atoms with Gasteiger partial charge in [-0.15, -0.1) is 0 Å². The summed E-state index contributed by atoms with van der Waals surface area (Å²) in [5, 5.41) is 28.7. The van der Waals surface area contributed by atoms with Crippen LogP contribution in [-0.4, -0.2) is 47.6 Å². The van der Waals surface area contributed by atoms with Crippen molar-refractivity contribution in [3.05, 3.63) is 29.3 Å². The third-order valence-corrected chi connectivity index (χ3v) is 2.76. The number of rotatable bonds is 6. The lowest BCUT2D eigenvalue weighted by Crippen LogP contribution is -2.23. The molecule has 0 spiro atoms. The second-order valence-electron chi connectivity index (χ2n) is 4.05. The van der Waals surface area contributed by atoms with Gasteiger partial charge in [0.15, 0.2) is 0 Å². The number of aliphatic hydroxyl groups is 2. The van der Waals surface area contributed by atoms with E-state index in [-0.39, 0.29) is 16.9 Å².